The minimum Gasteiger partial charge on any atom is -0.347 e. The van der Waals surface area contributed by atoms with E-state index in [0.29, 0.717) is 0 Å². The first kappa shape index (κ1) is 15.6. The largest absolute Gasteiger partial charge is 0.347 e. The zero-order valence-electron chi connectivity index (χ0n) is 10.5. The van der Waals surface area contributed by atoms with Gasteiger partial charge in [0.1, 0.15) is 11.4 Å². The molecule has 1 aliphatic heterocycles. The van der Waals surface area contributed by atoms with Crippen LogP contribution in [-0.2, 0) is 9.84 Å². The Balaban J connectivity index is 2.25. The molecule has 1 heterocycles. The van der Waals surface area contributed by atoms with Crippen molar-refractivity contribution < 1.29 is 22.5 Å². The lowest BCUT2D eigenvalue weighted by molar-refractivity contribution is -0.385. The summed E-state index contributed by atoms with van der Waals surface area (Å²) < 4.78 is 35.9. The van der Waals surface area contributed by atoms with E-state index in [9.17, 15) is 27.7 Å². The average Bonchev–Trinajstić information content (AvgIpc) is 2.61. The Bertz CT molecular complexity index is 709. The van der Waals surface area contributed by atoms with Crippen molar-refractivity contribution in [1.82, 2.24) is 5.32 Å². The number of sulfone groups is 1. The third-order valence-corrected chi connectivity index (χ3v) is 5.38. The van der Waals surface area contributed by atoms with Gasteiger partial charge in [-0.3, -0.25) is 14.9 Å². The Morgan fingerprint density at radius 3 is 2.62 bits per heavy atom. The normalized spacial score (nSPS) is 23.7. The maximum Gasteiger partial charge on any atom is 0.282 e. The molecule has 0 saturated carbocycles. The van der Waals surface area contributed by atoms with E-state index in [1.807, 2.05) is 0 Å². The van der Waals surface area contributed by atoms with Crippen molar-refractivity contribution in [2.75, 3.05) is 11.5 Å². The van der Waals surface area contributed by atoms with Crippen LogP contribution in [0.2, 0.25) is 0 Å². The summed E-state index contributed by atoms with van der Waals surface area (Å²) in [5.74, 6) is -2.39. The molecule has 2 atom stereocenters. The smallest absolute Gasteiger partial charge is 0.282 e. The molecule has 2 unspecified atom stereocenters. The van der Waals surface area contributed by atoms with Crippen LogP contribution in [0.4, 0.5) is 10.1 Å². The van der Waals surface area contributed by atoms with Crippen LogP contribution in [0.1, 0.15) is 10.4 Å². The summed E-state index contributed by atoms with van der Waals surface area (Å²) >= 11 is 5.83. The summed E-state index contributed by atoms with van der Waals surface area (Å²) in [6, 6.07) is 1.58. The highest BCUT2D eigenvalue weighted by molar-refractivity contribution is 7.91. The number of nitrogens with zero attached hydrogens (tertiary/aromatic N) is 1. The molecular formula is C11H10ClFN2O5S. The lowest BCUT2D eigenvalue weighted by Crippen LogP contribution is -2.40. The fourth-order valence-corrected chi connectivity index (χ4v) is 4.58. The van der Waals surface area contributed by atoms with E-state index in [1.165, 1.54) is 0 Å². The van der Waals surface area contributed by atoms with Crippen molar-refractivity contribution in [1.29, 1.82) is 0 Å². The van der Waals surface area contributed by atoms with Crippen molar-refractivity contribution >= 4 is 33.0 Å². The summed E-state index contributed by atoms with van der Waals surface area (Å²) in [6.07, 6.45) is 0. The van der Waals surface area contributed by atoms with Crippen LogP contribution in [-0.4, -0.2) is 42.2 Å². The molecule has 1 fully saturated rings. The van der Waals surface area contributed by atoms with Gasteiger partial charge in [0.2, 0.25) is 0 Å². The van der Waals surface area contributed by atoms with E-state index in [-0.39, 0.29) is 11.5 Å². The standard InChI is InChI=1S/C11H10ClFN2O5S/c12-8-4-21(19,20)5-9(8)14-11(16)7-3-6(13)1-2-10(7)15(17)18/h1-3,8-9H,4-5H2,(H,14,16). The molecule has 2 rings (SSSR count). The molecule has 1 amide bonds. The number of nitro groups is 1. The van der Waals surface area contributed by atoms with Gasteiger partial charge in [-0.1, -0.05) is 0 Å². The molecular weight excluding hydrogens is 327 g/mol. The van der Waals surface area contributed by atoms with Gasteiger partial charge in [0.25, 0.3) is 11.6 Å². The second kappa shape index (κ2) is 5.57. The Labute approximate surface area is 124 Å². The molecule has 114 valence electrons. The van der Waals surface area contributed by atoms with Crippen LogP contribution in [0.5, 0.6) is 0 Å². The number of amides is 1. The lowest BCUT2D eigenvalue weighted by Gasteiger charge is -2.14. The highest BCUT2D eigenvalue weighted by Crippen LogP contribution is 2.22. The number of nitrogens with one attached hydrogen (secondary N) is 1. The molecule has 7 nitrogen and oxygen atoms in total. The quantitative estimate of drug-likeness (QED) is 0.500. The van der Waals surface area contributed by atoms with Crippen LogP contribution in [0.15, 0.2) is 18.2 Å². The van der Waals surface area contributed by atoms with Gasteiger partial charge < -0.3 is 5.32 Å². The molecule has 1 aliphatic rings. The highest BCUT2D eigenvalue weighted by Gasteiger charge is 2.38. The summed E-state index contributed by atoms with van der Waals surface area (Å²) in [5, 5.41) is 12.3. The van der Waals surface area contributed by atoms with Gasteiger partial charge in [-0.25, -0.2) is 12.8 Å². The van der Waals surface area contributed by atoms with E-state index in [4.69, 9.17) is 11.6 Å². The molecule has 1 saturated heterocycles. The van der Waals surface area contributed by atoms with Crippen LogP contribution in [0.3, 0.4) is 0 Å². The minimum atomic E-state index is -3.36. The Morgan fingerprint density at radius 2 is 2.10 bits per heavy atom. The number of hydrogen-bond acceptors (Lipinski definition) is 5. The van der Waals surface area contributed by atoms with Gasteiger partial charge in [0.05, 0.1) is 27.8 Å². The number of carbonyl (C=O) groups excluding carboxylic acids is 1. The van der Waals surface area contributed by atoms with Crippen LogP contribution < -0.4 is 5.32 Å². The lowest BCUT2D eigenvalue weighted by atomic mass is 10.1. The van der Waals surface area contributed by atoms with Crippen molar-refractivity contribution in [3.8, 4) is 0 Å². The summed E-state index contributed by atoms with van der Waals surface area (Å²) in [4.78, 5) is 22.0. The van der Waals surface area contributed by atoms with Gasteiger partial charge in [-0.05, 0) is 12.1 Å². The Hall–Kier alpha value is -1.74. The number of carbonyl (C=O) groups is 1. The van der Waals surface area contributed by atoms with Gasteiger partial charge >= 0.3 is 0 Å². The molecule has 0 radical (unpaired) electrons. The number of hydrogen-bond donors (Lipinski definition) is 1. The Kier molecular flexibility index (Phi) is 4.15. The van der Waals surface area contributed by atoms with Crippen molar-refractivity contribution in [3.63, 3.8) is 0 Å². The molecule has 1 aromatic rings. The number of benzene rings is 1. The number of nitro benzene ring substituents is 1. The van der Waals surface area contributed by atoms with Crippen molar-refractivity contribution in [2.45, 2.75) is 11.4 Å². The van der Waals surface area contributed by atoms with Crippen molar-refractivity contribution in [3.05, 3.63) is 39.7 Å². The zero-order chi connectivity index (χ0) is 15.8. The molecule has 0 bridgehead atoms. The van der Waals surface area contributed by atoms with E-state index >= 15 is 0 Å². The molecule has 1 aromatic carbocycles. The summed E-state index contributed by atoms with van der Waals surface area (Å²) in [7, 11) is -3.36. The van der Waals surface area contributed by atoms with E-state index in [2.05, 4.69) is 5.32 Å². The third kappa shape index (κ3) is 3.48. The molecule has 0 aromatic heterocycles. The van der Waals surface area contributed by atoms with Crippen molar-refractivity contribution in [2.24, 2.45) is 0 Å². The fraction of sp³-hybridized carbons (Fsp3) is 0.364. The number of rotatable bonds is 3. The predicted molar refractivity (Wildman–Crippen MR) is 72.6 cm³/mol. The van der Waals surface area contributed by atoms with Gasteiger partial charge in [-0.15, -0.1) is 11.6 Å². The molecule has 10 heteroatoms. The third-order valence-electron chi connectivity index (χ3n) is 3.00. The molecule has 1 N–H and O–H groups in total. The predicted octanol–water partition coefficient (Wildman–Crippen LogP) is 0.868. The molecule has 0 aliphatic carbocycles. The second-order valence-electron chi connectivity index (χ2n) is 4.59. The fourth-order valence-electron chi connectivity index (χ4n) is 2.03. The van der Waals surface area contributed by atoms with Gasteiger partial charge in [0, 0.05) is 6.07 Å². The minimum absolute atomic E-state index is 0.287. The monoisotopic (exact) mass is 336 g/mol. The second-order valence-corrected chi connectivity index (χ2v) is 7.31. The van der Waals surface area contributed by atoms with E-state index in [0.717, 1.165) is 18.2 Å². The maximum absolute atomic E-state index is 13.2. The highest BCUT2D eigenvalue weighted by atomic mass is 35.5. The first-order valence-corrected chi connectivity index (χ1v) is 8.05. The first-order valence-electron chi connectivity index (χ1n) is 5.79. The SMILES string of the molecule is O=C(NC1CS(=O)(=O)CC1Cl)c1cc(F)ccc1[N+](=O)[O-]. The van der Waals surface area contributed by atoms with Crippen LogP contribution >= 0.6 is 11.6 Å². The van der Waals surface area contributed by atoms with E-state index < -0.39 is 49.2 Å². The molecule has 0 spiro atoms. The summed E-state index contributed by atoms with van der Waals surface area (Å²) in [5.41, 5.74) is -1.05. The number of halogens is 2. The number of alkyl halides is 1. The first-order chi connectivity index (χ1) is 9.69. The van der Waals surface area contributed by atoms with Crippen LogP contribution in [0.25, 0.3) is 0 Å². The maximum atomic E-state index is 13.2. The topological polar surface area (TPSA) is 106 Å². The summed E-state index contributed by atoms with van der Waals surface area (Å²) in [6.45, 7) is 0. The van der Waals surface area contributed by atoms with Gasteiger partial charge in [0.15, 0.2) is 9.84 Å². The van der Waals surface area contributed by atoms with E-state index in [1.54, 1.807) is 0 Å². The zero-order valence-corrected chi connectivity index (χ0v) is 12.0. The molecule has 21 heavy (non-hydrogen) atoms. The van der Waals surface area contributed by atoms with Gasteiger partial charge in [-0.2, -0.15) is 0 Å². The Morgan fingerprint density at radius 1 is 1.43 bits per heavy atom. The van der Waals surface area contributed by atoms with Crippen LogP contribution in [0, 0.1) is 15.9 Å². The average molecular weight is 337 g/mol.